The number of aryl methyl sites for hydroxylation is 1. The number of nitrogens with zero attached hydrogens (tertiary/aromatic N) is 1. The van der Waals surface area contributed by atoms with Crippen molar-refractivity contribution in [3.63, 3.8) is 0 Å². The molecule has 2 N–H and O–H groups in total. The van der Waals surface area contributed by atoms with Gasteiger partial charge < -0.3 is 20.1 Å². The van der Waals surface area contributed by atoms with Crippen LogP contribution in [-0.2, 0) is 20.7 Å². The minimum Gasteiger partial charge on any atom is -0.354 e. The number of hydrogen-bond donors (Lipinski definition) is 1. The van der Waals surface area contributed by atoms with Crippen molar-refractivity contribution in [2.45, 2.75) is 25.2 Å². The monoisotopic (exact) mass is 356 g/mol. The second-order valence-electron chi connectivity index (χ2n) is 6.16. The summed E-state index contributed by atoms with van der Waals surface area (Å²) in [5.41, 5.74) is 8.26. The molecule has 0 radical (unpaired) electrons. The SMILES string of the molecule is COC(CN(CCCc1ccccc1)C(=O)[C@@H](N)c1ccccc1)OC. The van der Waals surface area contributed by atoms with Crippen LogP contribution < -0.4 is 5.73 Å². The van der Waals surface area contributed by atoms with Crippen molar-refractivity contribution < 1.29 is 14.3 Å². The van der Waals surface area contributed by atoms with E-state index in [1.54, 1.807) is 19.1 Å². The third-order valence-electron chi connectivity index (χ3n) is 4.37. The first-order valence-corrected chi connectivity index (χ1v) is 8.84. The first kappa shape index (κ1) is 20.1. The first-order valence-electron chi connectivity index (χ1n) is 8.84. The number of ether oxygens (including phenoxy) is 2. The lowest BCUT2D eigenvalue weighted by molar-refractivity contribution is -0.146. The van der Waals surface area contributed by atoms with Crippen LogP contribution in [0, 0.1) is 0 Å². The number of benzene rings is 2. The predicted molar refractivity (Wildman–Crippen MR) is 103 cm³/mol. The lowest BCUT2D eigenvalue weighted by Crippen LogP contribution is -2.44. The molecule has 0 saturated heterocycles. The summed E-state index contributed by atoms with van der Waals surface area (Å²) in [6.07, 6.45) is 1.27. The molecule has 2 aromatic carbocycles. The second kappa shape index (κ2) is 10.7. The quantitative estimate of drug-likeness (QED) is 0.665. The highest BCUT2D eigenvalue weighted by atomic mass is 16.7. The molecule has 0 aliphatic carbocycles. The van der Waals surface area contributed by atoms with Crippen molar-refractivity contribution in [1.29, 1.82) is 0 Å². The Labute approximate surface area is 155 Å². The largest absolute Gasteiger partial charge is 0.354 e. The molecular formula is C21H28N2O3. The molecular weight excluding hydrogens is 328 g/mol. The zero-order valence-corrected chi connectivity index (χ0v) is 15.5. The Kier molecular flexibility index (Phi) is 8.28. The highest BCUT2D eigenvalue weighted by Crippen LogP contribution is 2.15. The van der Waals surface area contributed by atoms with Gasteiger partial charge in [-0.1, -0.05) is 60.7 Å². The van der Waals surface area contributed by atoms with Gasteiger partial charge >= 0.3 is 0 Å². The van der Waals surface area contributed by atoms with E-state index in [1.165, 1.54) is 5.56 Å². The average molecular weight is 356 g/mol. The molecule has 5 nitrogen and oxygen atoms in total. The summed E-state index contributed by atoms with van der Waals surface area (Å²) < 4.78 is 10.5. The van der Waals surface area contributed by atoms with Crippen LogP contribution in [0.5, 0.6) is 0 Å². The van der Waals surface area contributed by atoms with Crippen LogP contribution >= 0.6 is 0 Å². The fraction of sp³-hybridized carbons (Fsp3) is 0.381. The van der Waals surface area contributed by atoms with Crippen molar-refractivity contribution in [3.05, 3.63) is 71.8 Å². The third-order valence-corrected chi connectivity index (χ3v) is 4.37. The van der Waals surface area contributed by atoms with Crippen molar-refractivity contribution in [3.8, 4) is 0 Å². The average Bonchev–Trinajstić information content (AvgIpc) is 2.71. The number of methoxy groups -OCH3 is 2. The minimum atomic E-state index is -0.692. The van der Waals surface area contributed by atoms with Crippen LogP contribution in [0.3, 0.4) is 0 Å². The fourth-order valence-electron chi connectivity index (χ4n) is 2.84. The molecule has 0 saturated carbocycles. The van der Waals surface area contributed by atoms with E-state index in [1.807, 2.05) is 48.5 Å². The van der Waals surface area contributed by atoms with Gasteiger partial charge in [-0.25, -0.2) is 0 Å². The highest BCUT2D eigenvalue weighted by molar-refractivity contribution is 5.83. The molecule has 140 valence electrons. The Morgan fingerprint density at radius 1 is 1.00 bits per heavy atom. The molecule has 0 bridgehead atoms. The maximum Gasteiger partial charge on any atom is 0.244 e. The van der Waals surface area contributed by atoms with Gasteiger partial charge in [0.05, 0.1) is 6.54 Å². The van der Waals surface area contributed by atoms with Gasteiger partial charge in [-0.3, -0.25) is 4.79 Å². The molecule has 0 aliphatic heterocycles. The van der Waals surface area contributed by atoms with Crippen molar-refractivity contribution >= 4 is 5.91 Å². The third kappa shape index (κ3) is 5.95. The Bertz CT molecular complexity index is 645. The Morgan fingerprint density at radius 2 is 1.58 bits per heavy atom. The second-order valence-corrected chi connectivity index (χ2v) is 6.16. The Hall–Kier alpha value is -2.21. The Balaban J connectivity index is 2.03. The van der Waals surface area contributed by atoms with E-state index < -0.39 is 12.3 Å². The van der Waals surface area contributed by atoms with Crippen LogP contribution in [0.2, 0.25) is 0 Å². The van der Waals surface area contributed by atoms with Gasteiger partial charge in [0.2, 0.25) is 5.91 Å². The summed E-state index contributed by atoms with van der Waals surface area (Å²) in [7, 11) is 3.13. The van der Waals surface area contributed by atoms with E-state index in [0.29, 0.717) is 13.1 Å². The van der Waals surface area contributed by atoms with Gasteiger partial charge in [-0.05, 0) is 24.0 Å². The summed E-state index contributed by atoms with van der Waals surface area (Å²) in [4.78, 5) is 14.7. The predicted octanol–water partition coefficient (Wildman–Crippen LogP) is 2.77. The zero-order valence-electron chi connectivity index (χ0n) is 15.5. The molecule has 0 spiro atoms. The standard InChI is InChI=1S/C21H28N2O3/c1-25-19(26-2)16-23(15-9-12-17-10-5-3-6-11-17)21(24)20(22)18-13-7-4-8-14-18/h3-8,10-11,13-14,19-20H,9,12,15-16,22H2,1-2H3/t20-/m0/s1. The lowest BCUT2D eigenvalue weighted by atomic mass is 10.1. The summed E-state index contributed by atoms with van der Waals surface area (Å²) in [5, 5.41) is 0. The number of amides is 1. The molecule has 0 fully saturated rings. The van der Waals surface area contributed by atoms with Crippen LogP contribution in [0.15, 0.2) is 60.7 Å². The first-order chi connectivity index (χ1) is 12.7. The number of carbonyl (C=O) groups is 1. The van der Waals surface area contributed by atoms with Gasteiger partial charge in [0.15, 0.2) is 6.29 Å². The molecule has 2 aromatic rings. The zero-order chi connectivity index (χ0) is 18.8. The van der Waals surface area contributed by atoms with Crippen molar-refractivity contribution in [1.82, 2.24) is 4.90 Å². The molecule has 0 aromatic heterocycles. The molecule has 2 rings (SSSR count). The molecule has 0 heterocycles. The summed E-state index contributed by atoms with van der Waals surface area (Å²) in [6.45, 7) is 0.943. The Morgan fingerprint density at radius 3 is 2.15 bits per heavy atom. The van der Waals surface area contributed by atoms with Gasteiger partial charge in [0.1, 0.15) is 6.04 Å². The van der Waals surface area contributed by atoms with E-state index >= 15 is 0 Å². The normalized spacial score (nSPS) is 12.2. The summed E-state index contributed by atoms with van der Waals surface area (Å²) in [5.74, 6) is -0.122. The minimum absolute atomic E-state index is 0.122. The maximum atomic E-state index is 12.9. The van der Waals surface area contributed by atoms with Gasteiger partial charge in [-0.15, -0.1) is 0 Å². The lowest BCUT2D eigenvalue weighted by Gasteiger charge is -2.28. The van der Waals surface area contributed by atoms with E-state index in [9.17, 15) is 4.79 Å². The van der Waals surface area contributed by atoms with E-state index in [2.05, 4.69) is 12.1 Å². The van der Waals surface area contributed by atoms with Crippen LogP contribution in [0.1, 0.15) is 23.6 Å². The molecule has 1 amide bonds. The van der Waals surface area contributed by atoms with E-state index in [-0.39, 0.29) is 5.91 Å². The van der Waals surface area contributed by atoms with Crippen LogP contribution in [-0.4, -0.2) is 44.4 Å². The maximum absolute atomic E-state index is 12.9. The number of hydrogen-bond acceptors (Lipinski definition) is 4. The smallest absolute Gasteiger partial charge is 0.244 e. The number of rotatable bonds is 10. The fourth-order valence-corrected chi connectivity index (χ4v) is 2.84. The molecule has 1 atom stereocenters. The molecule has 0 aliphatic rings. The van der Waals surface area contributed by atoms with Crippen molar-refractivity contribution in [2.75, 3.05) is 27.3 Å². The van der Waals surface area contributed by atoms with Gasteiger partial charge in [0, 0.05) is 20.8 Å². The number of carbonyl (C=O) groups excluding carboxylic acids is 1. The molecule has 26 heavy (non-hydrogen) atoms. The van der Waals surface area contributed by atoms with Gasteiger partial charge in [0.25, 0.3) is 0 Å². The van der Waals surface area contributed by atoms with Crippen molar-refractivity contribution in [2.24, 2.45) is 5.73 Å². The summed E-state index contributed by atoms with van der Waals surface area (Å²) in [6, 6.07) is 19.0. The van der Waals surface area contributed by atoms with Gasteiger partial charge in [-0.2, -0.15) is 0 Å². The van der Waals surface area contributed by atoms with E-state index in [0.717, 1.165) is 18.4 Å². The van der Waals surface area contributed by atoms with Crippen LogP contribution in [0.25, 0.3) is 0 Å². The molecule has 5 heteroatoms. The number of nitrogens with two attached hydrogens (primary N) is 1. The molecule has 0 unspecified atom stereocenters. The highest BCUT2D eigenvalue weighted by Gasteiger charge is 2.24. The topological polar surface area (TPSA) is 64.8 Å². The summed E-state index contributed by atoms with van der Waals surface area (Å²) >= 11 is 0. The van der Waals surface area contributed by atoms with Crippen LogP contribution in [0.4, 0.5) is 0 Å². The van der Waals surface area contributed by atoms with E-state index in [4.69, 9.17) is 15.2 Å².